The van der Waals surface area contributed by atoms with Gasteiger partial charge < -0.3 is 5.11 Å². The molecule has 1 aromatic rings. The van der Waals surface area contributed by atoms with Crippen LogP contribution < -0.4 is 4.72 Å². The maximum atomic E-state index is 11.9. The molecule has 2 rings (SSSR count). The Hall–Kier alpha value is -0.910. The first-order valence-electron chi connectivity index (χ1n) is 6.31. The Labute approximate surface area is 108 Å². The Morgan fingerprint density at radius 1 is 1.22 bits per heavy atom. The van der Waals surface area contributed by atoms with Crippen LogP contribution in [0.4, 0.5) is 0 Å². The van der Waals surface area contributed by atoms with Gasteiger partial charge in [-0.05, 0) is 30.0 Å². The van der Waals surface area contributed by atoms with Gasteiger partial charge in [-0.15, -0.1) is 0 Å². The minimum Gasteiger partial charge on any atom is -0.392 e. The van der Waals surface area contributed by atoms with Gasteiger partial charge in [-0.2, -0.15) is 0 Å². The van der Waals surface area contributed by atoms with Crippen molar-refractivity contribution in [3.05, 3.63) is 29.8 Å². The summed E-state index contributed by atoms with van der Waals surface area (Å²) in [6, 6.07) is 6.30. The van der Waals surface area contributed by atoms with Crippen molar-refractivity contribution in [2.45, 2.75) is 37.2 Å². The van der Waals surface area contributed by atoms with Crippen molar-refractivity contribution in [1.29, 1.82) is 0 Å². The Balaban J connectivity index is 1.91. The summed E-state index contributed by atoms with van der Waals surface area (Å²) >= 11 is 0. The molecule has 0 aromatic heterocycles. The molecule has 100 valence electrons. The molecule has 2 N–H and O–H groups in total. The molecule has 1 fully saturated rings. The highest BCUT2D eigenvalue weighted by atomic mass is 32.2. The molecule has 0 saturated heterocycles. The highest BCUT2D eigenvalue weighted by Gasteiger charge is 2.19. The second-order valence-electron chi connectivity index (χ2n) is 4.79. The Morgan fingerprint density at radius 3 is 2.39 bits per heavy atom. The minimum absolute atomic E-state index is 0.0740. The second kappa shape index (κ2) is 5.82. The van der Waals surface area contributed by atoms with E-state index >= 15 is 0 Å². The molecular weight excluding hydrogens is 250 g/mol. The smallest absolute Gasteiger partial charge is 0.240 e. The van der Waals surface area contributed by atoms with Crippen LogP contribution in [0.3, 0.4) is 0 Å². The molecule has 1 aromatic carbocycles. The first kappa shape index (κ1) is 13.5. The van der Waals surface area contributed by atoms with Gasteiger partial charge >= 0.3 is 0 Å². The van der Waals surface area contributed by atoms with Gasteiger partial charge in [-0.1, -0.05) is 31.4 Å². The van der Waals surface area contributed by atoms with Crippen molar-refractivity contribution in [3.63, 3.8) is 0 Å². The van der Waals surface area contributed by atoms with Crippen LogP contribution >= 0.6 is 0 Å². The SMILES string of the molecule is O=S(=O)(NCCC1CCC1)c1ccc(CO)cc1. The molecule has 1 aliphatic carbocycles. The highest BCUT2D eigenvalue weighted by molar-refractivity contribution is 7.89. The molecule has 18 heavy (non-hydrogen) atoms. The van der Waals surface area contributed by atoms with Gasteiger partial charge in [-0.3, -0.25) is 0 Å². The molecule has 0 radical (unpaired) electrons. The number of hydrogen-bond donors (Lipinski definition) is 2. The number of hydrogen-bond acceptors (Lipinski definition) is 3. The van der Waals surface area contributed by atoms with Crippen molar-refractivity contribution < 1.29 is 13.5 Å². The molecule has 0 aliphatic heterocycles. The summed E-state index contributed by atoms with van der Waals surface area (Å²) in [6.45, 7) is 0.435. The van der Waals surface area contributed by atoms with Gasteiger partial charge in [-0.25, -0.2) is 13.1 Å². The first-order chi connectivity index (χ1) is 8.62. The molecule has 0 amide bonds. The van der Waals surface area contributed by atoms with E-state index in [2.05, 4.69) is 4.72 Å². The molecule has 5 heteroatoms. The summed E-state index contributed by atoms with van der Waals surface area (Å²) < 4.78 is 26.5. The number of nitrogens with one attached hydrogen (secondary N) is 1. The minimum atomic E-state index is -3.40. The first-order valence-corrected chi connectivity index (χ1v) is 7.79. The fourth-order valence-electron chi connectivity index (χ4n) is 2.04. The molecule has 0 bridgehead atoms. The van der Waals surface area contributed by atoms with E-state index in [0.717, 1.165) is 6.42 Å². The third-order valence-corrected chi connectivity index (χ3v) is 4.96. The maximum absolute atomic E-state index is 11.9. The van der Waals surface area contributed by atoms with Crippen LogP contribution in [-0.2, 0) is 16.6 Å². The lowest BCUT2D eigenvalue weighted by Crippen LogP contribution is -2.27. The van der Waals surface area contributed by atoms with Crippen LogP contribution in [0.2, 0.25) is 0 Å². The lowest BCUT2D eigenvalue weighted by atomic mass is 9.83. The second-order valence-corrected chi connectivity index (χ2v) is 6.55. The normalized spacial score (nSPS) is 16.5. The number of benzene rings is 1. The molecule has 0 spiro atoms. The lowest BCUT2D eigenvalue weighted by Gasteiger charge is -2.25. The Morgan fingerprint density at radius 2 is 1.89 bits per heavy atom. The number of rotatable bonds is 6. The highest BCUT2D eigenvalue weighted by Crippen LogP contribution is 2.28. The molecule has 1 saturated carbocycles. The summed E-state index contributed by atoms with van der Waals surface area (Å²) in [5.41, 5.74) is 0.711. The number of sulfonamides is 1. The fourth-order valence-corrected chi connectivity index (χ4v) is 3.08. The summed E-state index contributed by atoms with van der Waals surface area (Å²) in [6.07, 6.45) is 4.66. The van der Waals surface area contributed by atoms with Crippen molar-refractivity contribution in [1.82, 2.24) is 4.72 Å². The predicted octanol–water partition coefficient (Wildman–Crippen LogP) is 1.65. The standard InChI is InChI=1S/C13H19NO3S/c15-10-12-4-6-13(7-5-12)18(16,17)14-9-8-11-2-1-3-11/h4-7,11,14-15H,1-3,8-10H2. The van der Waals surface area contributed by atoms with E-state index < -0.39 is 10.0 Å². The van der Waals surface area contributed by atoms with Crippen LogP contribution in [0.15, 0.2) is 29.2 Å². The molecule has 1 aliphatic rings. The third kappa shape index (κ3) is 3.31. The Kier molecular flexibility index (Phi) is 4.37. The molecule has 4 nitrogen and oxygen atoms in total. The third-order valence-electron chi connectivity index (χ3n) is 3.49. The van der Waals surface area contributed by atoms with Gasteiger partial charge in [0.1, 0.15) is 0 Å². The topological polar surface area (TPSA) is 66.4 Å². The quantitative estimate of drug-likeness (QED) is 0.825. The number of aliphatic hydroxyl groups excluding tert-OH is 1. The van der Waals surface area contributed by atoms with E-state index in [9.17, 15) is 8.42 Å². The summed E-state index contributed by atoms with van der Waals surface area (Å²) in [4.78, 5) is 0.258. The van der Waals surface area contributed by atoms with Crippen LogP contribution in [0.1, 0.15) is 31.2 Å². The molecular formula is C13H19NO3S. The van der Waals surface area contributed by atoms with Gasteiger partial charge in [0.05, 0.1) is 11.5 Å². The van der Waals surface area contributed by atoms with Gasteiger partial charge in [0, 0.05) is 6.54 Å². The van der Waals surface area contributed by atoms with Crippen molar-refractivity contribution >= 4 is 10.0 Å². The molecule has 0 unspecified atom stereocenters. The zero-order valence-corrected chi connectivity index (χ0v) is 11.1. The van der Waals surface area contributed by atoms with E-state index in [1.54, 1.807) is 12.1 Å². The van der Waals surface area contributed by atoms with E-state index in [0.29, 0.717) is 18.0 Å². The van der Waals surface area contributed by atoms with Crippen LogP contribution in [0, 0.1) is 5.92 Å². The van der Waals surface area contributed by atoms with E-state index in [1.165, 1.54) is 31.4 Å². The Bertz CT molecular complexity index is 477. The monoisotopic (exact) mass is 269 g/mol. The zero-order chi connectivity index (χ0) is 13.0. The van der Waals surface area contributed by atoms with Crippen LogP contribution in [0.25, 0.3) is 0 Å². The van der Waals surface area contributed by atoms with Gasteiger partial charge in [0.15, 0.2) is 0 Å². The van der Waals surface area contributed by atoms with Crippen molar-refractivity contribution in [2.75, 3.05) is 6.54 Å². The maximum Gasteiger partial charge on any atom is 0.240 e. The molecule has 0 atom stereocenters. The molecule has 0 heterocycles. The van der Waals surface area contributed by atoms with Gasteiger partial charge in [0.25, 0.3) is 0 Å². The predicted molar refractivity (Wildman–Crippen MR) is 69.5 cm³/mol. The van der Waals surface area contributed by atoms with Crippen LogP contribution in [-0.4, -0.2) is 20.1 Å². The van der Waals surface area contributed by atoms with Gasteiger partial charge in [0.2, 0.25) is 10.0 Å². The average Bonchev–Trinajstić information content (AvgIpc) is 2.32. The summed E-state index contributed by atoms with van der Waals surface area (Å²) in [5, 5.41) is 8.90. The van der Waals surface area contributed by atoms with Crippen molar-refractivity contribution in [3.8, 4) is 0 Å². The summed E-state index contributed by atoms with van der Waals surface area (Å²) in [7, 11) is -3.40. The largest absolute Gasteiger partial charge is 0.392 e. The number of aliphatic hydroxyl groups is 1. The van der Waals surface area contributed by atoms with Crippen LogP contribution in [0.5, 0.6) is 0 Å². The summed E-state index contributed by atoms with van der Waals surface area (Å²) in [5.74, 6) is 0.699. The van der Waals surface area contributed by atoms with E-state index in [4.69, 9.17) is 5.11 Å². The average molecular weight is 269 g/mol. The zero-order valence-electron chi connectivity index (χ0n) is 10.3. The van der Waals surface area contributed by atoms with E-state index in [-0.39, 0.29) is 11.5 Å². The fraction of sp³-hybridized carbons (Fsp3) is 0.538. The van der Waals surface area contributed by atoms with E-state index in [1.807, 2.05) is 0 Å². The van der Waals surface area contributed by atoms with Crippen molar-refractivity contribution in [2.24, 2.45) is 5.92 Å². The lowest BCUT2D eigenvalue weighted by molar-refractivity contribution is 0.281.